The average molecular weight is 327 g/mol. The van der Waals surface area contributed by atoms with Crippen molar-refractivity contribution in [3.8, 4) is 0 Å². The van der Waals surface area contributed by atoms with Gasteiger partial charge in [-0.1, -0.05) is 17.7 Å². The summed E-state index contributed by atoms with van der Waals surface area (Å²) < 4.78 is 26.3. The number of hydrogen-bond acceptors (Lipinski definition) is 2. The van der Waals surface area contributed by atoms with Crippen LogP contribution >= 0.6 is 11.6 Å². The van der Waals surface area contributed by atoms with Gasteiger partial charge in [0.05, 0.1) is 6.10 Å². The molecule has 2 rings (SSSR count). The lowest BCUT2D eigenvalue weighted by Gasteiger charge is -2.13. The van der Waals surface area contributed by atoms with Gasteiger partial charge < -0.3 is 15.7 Å². The van der Waals surface area contributed by atoms with Crippen LogP contribution in [-0.2, 0) is 0 Å². The van der Waals surface area contributed by atoms with Gasteiger partial charge in [0.25, 0.3) is 0 Å². The molecule has 0 aliphatic rings. The van der Waals surface area contributed by atoms with E-state index in [-0.39, 0.29) is 12.1 Å². The third kappa shape index (κ3) is 4.41. The van der Waals surface area contributed by atoms with E-state index in [9.17, 15) is 18.7 Å². The van der Waals surface area contributed by atoms with Crippen LogP contribution in [0.15, 0.2) is 42.5 Å². The second kappa shape index (κ2) is 7.20. The molecule has 2 amide bonds. The first-order valence-corrected chi connectivity index (χ1v) is 6.77. The molecule has 0 saturated carbocycles. The van der Waals surface area contributed by atoms with Gasteiger partial charge in [-0.15, -0.1) is 0 Å². The SMILES string of the molecule is O=C(NC[C@H](O)c1ccc(F)cc1F)Nc1ccc(Cl)cc1. The molecule has 0 aromatic heterocycles. The van der Waals surface area contributed by atoms with E-state index < -0.39 is 23.8 Å². The fourth-order valence-corrected chi connectivity index (χ4v) is 1.91. The maximum atomic E-state index is 13.5. The average Bonchev–Trinajstić information content (AvgIpc) is 2.47. The minimum atomic E-state index is -1.28. The molecule has 2 aromatic carbocycles. The third-order valence-electron chi connectivity index (χ3n) is 2.88. The van der Waals surface area contributed by atoms with Gasteiger partial charge in [-0.05, 0) is 30.3 Å². The number of carbonyl (C=O) groups is 1. The van der Waals surface area contributed by atoms with Crippen LogP contribution in [0.4, 0.5) is 19.3 Å². The summed E-state index contributed by atoms with van der Waals surface area (Å²) in [5.41, 5.74) is 0.428. The first-order valence-electron chi connectivity index (χ1n) is 6.39. The Hall–Kier alpha value is -2.18. The van der Waals surface area contributed by atoms with Crippen LogP contribution < -0.4 is 10.6 Å². The first kappa shape index (κ1) is 16.2. The Bertz CT molecular complexity index is 665. The summed E-state index contributed by atoms with van der Waals surface area (Å²) in [6, 6.07) is 8.72. The number of rotatable bonds is 4. The first-order chi connectivity index (χ1) is 10.5. The van der Waals surface area contributed by atoms with Crippen LogP contribution in [0.1, 0.15) is 11.7 Å². The fraction of sp³-hybridized carbons (Fsp3) is 0.133. The van der Waals surface area contributed by atoms with E-state index in [4.69, 9.17) is 11.6 Å². The van der Waals surface area contributed by atoms with E-state index >= 15 is 0 Å². The molecule has 0 heterocycles. The Balaban J connectivity index is 1.88. The zero-order valence-electron chi connectivity index (χ0n) is 11.3. The maximum absolute atomic E-state index is 13.5. The highest BCUT2D eigenvalue weighted by Crippen LogP contribution is 2.17. The van der Waals surface area contributed by atoms with Crippen LogP contribution in [0, 0.1) is 11.6 Å². The van der Waals surface area contributed by atoms with Crippen molar-refractivity contribution < 1.29 is 18.7 Å². The lowest BCUT2D eigenvalue weighted by molar-refractivity contribution is 0.170. The molecule has 4 nitrogen and oxygen atoms in total. The molecule has 7 heteroatoms. The summed E-state index contributed by atoms with van der Waals surface area (Å²) >= 11 is 5.72. The number of benzene rings is 2. The van der Waals surface area contributed by atoms with Gasteiger partial charge in [0.1, 0.15) is 11.6 Å². The van der Waals surface area contributed by atoms with E-state index in [1.807, 2.05) is 0 Å². The number of carbonyl (C=O) groups excluding carboxylic acids is 1. The topological polar surface area (TPSA) is 61.4 Å². The third-order valence-corrected chi connectivity index (χ3v) is 3.13. The van der Waals surface area contributed by atoms with Gasteiger partial charge in [0, 0.05) is 28.9 Å². The monoisotopic (exact) mass is 326 g/mol. The van der Waals surface area contributed by atoms with Crippen molar-refractivity contribution in [2.24, 2.45) is 0 Å². The van der Waals surface area contributed by atoms with Crippen molar-refractivity contribution in [3.05, 3.63) is 64.7 Å². The summed E-state index contributed by atoms with van der Waals surface area (Å²) in [7, 11) is 0. The number of urea groups is 1. The second-order valence-corrected chi connectivity index (χ2v) is 4.96. The van der Waals surface area contributed by atoms with Crippen LogP contribution in [0.3, 0.4) is 0 Å². The van der Waals surface area contributed by atoms with Gasteiger partial charge in [-0.3, -0.25) is 0 Å². The van der Waals surface area contributed by atoms with Crippen LogP contribution in [0.5, 0.6) is 0 Å². The number of anilines is 1. The number of nitrogens with one attached hydrogen (secondary N) is 2. The summed E-state index contributed by atoms with van der Waals surface area (Å²) in [5.74, 6) is -1.60. The van der Waals surface area contributed by atoms with Crippen molar-refractivity contribution in [2.45, 2.75) is 6.10 Å². The van der Waals surface area contributed by atoms with Gasteiger partial charge >= 0.3 is 6.03 Å². The van der Waals surface area contributed by atoms with Crippen molar-refractivity contribution in [1.82, 2.24) is 5.32 Å². The molecule has 0 spiro atoms. The molecule has 0 aliphatic heterocycles. The Labute approximate surface area is 130 Å². The van der Waals surface area contributed by atoms with E-state index in [0.29, 0.717) is 16.8 Å². The largest absolute Gasteiger partial charge is 0.386 e. The highest BCUT2D eigenvalue weighted by Gasteiger charge is 2.14. The van der Waals surface area contributed by atoms with Crippen molar-refractivity contribution in [1.29, 1.82) is 0 Å². The minimum Gasteiger partial charge on any atom is -0.386 e. The molecular formula is C15H13ClF2N2O2. The summed E-state index contributed by atoms with van der Waals surface area (Å²) in [5, 5.41) is 15.3. The highest BCUT2D eigenvalue weighted by molar-refractivity contribution is 6.30. The van der Waals surface area contributed by atoms with E-state index in [0.717, 1.165) is 12.1 Å². The van der Waals surface area contributed by atoms with Crippen molar-refractivity contribution in [2.75, 3.05) is 11.9 Å². The molecule has 2 aromatic rings. The lowest BCUT2D eigenvalue weighted by Crippen LogP contribution is -2.32. The smallest absolute Gasteiger partial charge is 0.319 e. The summed E-state index contributed by atoms with van der Waals surface area (Å²) in [6.07, 6.45) is -1.28. The van der Waals surface area contributed by atoms with Gasteiger partial charge in [-0.2, -0.15) is 0 Å². The molecule has 0 radical (unpaired) electrons. The minimum absolute atomic E-state index is 0.0896. The fourth-order valence-electron chi connectivity index (χ4n) is 1.78. The van der Waals surface area contributed by atoms with Crippen LogP contribution in [-0.4, -0.2) is 17.7 Å². The quantitative estimate of drug-likeness (QED) is 0.805. The zero-order chi connectivity index (χ0) is 16.1. The predicted octanol–water partition coefficient (Wildman–Crippen LogP) is 3.47. The van der Waals surface area contributed by atoms with E-state index in [1.54, 1.807) is 24.3 Å². The zero-order valence-corrected chi connectivity index (χ0v) is 12.1. The predicted molar refractivity (Wildman–Crippen MR) is 79.8 cm³/mol. The molecule has 0 aliphatic carbocycles. The molecule has 0 unspecified atom stereocenters. The molecule has 0 bridgehead atoms. The Kier molecular flexibility index (Phi) is 5.30. The number of hydrogen-bond donors (Lipinski definition) is 3. The van der Waals surface area contributed by atoms with Gasteiger partial charge in [0.15, 0.2) is 0 Å². The molecular weight excluding hydrogens is 314 g/mol. The molecule has 22 heavy (non-hydrogen) atoms. The Morgan fingerprint density at radius 2 is 1.86 bits per heavy atom. The van der Waals surface area contributed by atoms with E-state index in [1.165, 1.54) is 0 Å². The summed E-state index contributed by atoms with van der Waals surface area (Å²) in [4.78, 5) is 11.7. The Morgan fingerprint density at radius 3 is 2.50 bits per heavy atom. The van der Waals surface area contributed by atoms with Crippen molar-refractivity contribution >= 4 is 23.3 Å². The van der Waals surface area contributed by atoms with Crippen LogP contribution in [0.25, 0.3) is 0 Å². The number of aliphatic hydroxyl groups excluding tert-OH is 1. The number of aliphatic hydroxyl groups is 1. The van der Waals surface area contributed by atoms with Gasteiger partial charge in [0.2, 0.25) is 0 Å². The number of amides is 2. The van der Waals surface area contributed by atoms with E-state index in [2.05, 4.69) is 10.6 Å². The van der Waals surface area contributed by atoms with Crippen molar-refractivity contribution in [3.63, 3.8) is 0 Å². The molecule has 0 fully saturated rings. The van der Waals surface area contributed by atoms with Gasteiger partial charge in [-0.25, -0.2) is 13.6 Å². The normalized spacial score (nSPS) is 11.8. The standard InChI is InChI=1S/C15H13ClF2N2O2/c16-9-1-4-11(5-2-9)20-15(22)19-8-14(21)12-6-3-10(17)7-13(12)18/h1-7,14,21H,8H2,(H2,19,20,22)/t14-/m0/s1. The Morgan fingerprint density at radius 1 is 1.18 bits per heavy atom. The second-order valence-electron chi connectivity index (χ2n) is 4.52. The lowest BCUT2D eigenvalue weighted by atomic mass is 10.1. The van der Waals surface area contributed by atoms with Crippen LogP contribution in [0.2, 0.25) is 5.02 Å². The molecule has 116 valence electrons. The molecule has 3 N–H and O–H groups in total. The molecule has 0 saturated heterocycles. The number of halogens is 3. The summed E-state index contributed by atoms with van der Waals surface area (Å²) in [6.45, 7) is -0.220. The highest BCUT2D eigenvalue weighted by atomic mass is 35.5. The maximum Gasteiger partial charge on any atom is 0.319 e. The molecule has 1 atom stereocenters.